The van der Waals surface area contributed by atoms with Gasteiger partial charge in [-0.2, -0.15) is 12.7 Å². The second kappa shape index (κ2) is 8.20. The van der Waals surface area contributed by atoms with Crippen LogP contribution in [-0.2, 0) is 10.2 Å². The number of carbonyl (C=O) groups excluding carboxylic acids is 1. The van der Waals surface area contributed by atoms with Gasteiger partial charge in [-0.05, 0) is 36.4 Å². The molecule has 3 rings (SSSR count). The molecule has 2 aromatic rings. The molecule has 1 amide bonds. The molecule has 1 aliphatic rings. The van der Waals surface area contributed by atoms with Gasteiger partial charge >= 0.3 is 10.2 Å². The molecule has 7 nitrogen and oxygen atoms in total. The molecule has 0 unspecified atom stereocenters. The van der Waals surface area contributed by atoms with Crippen LogP contribution in [-0.4, -0.2) is 70.9 Å². The highest BCUT2D eigenvalue weighted by molar-refractivity contribution is 7.90. The van der Waals surface area contributed by atoms with E-state index in [0.717, 1.165) is 17.4 Å². The molecule has 0 N–H and O–H groups in total. The summed E-state index contributed by atoms with van der Waals surface area (Å²) in [5.41, 5.74) is 2.25. The third kappa shape index (κ3) is 4.13. The first-order chi connectivity index (χ1) is 13.3. The number of hydrogen-bond donors (Lipinski definition) is 0. The minimum atomic E-state index is -3.55. The van der Waals surface area contributed by atoms with Gasteiger partial charge in [0.15, 0.2) is 0 Å². The lowest BCUT2D eigenvalue weighted by atomic mass is 10.1. The molecule has 2 aromatic carbocycles. The molecule has 1 aliphatic heterocycles. The number of para-hydroxylation sites is 1. The molecule has 0 bridgehead atoms. The SMILES string of the molecule is CN(C)S(=O)(=O)N(C)c1ccc(C(=O)N2CCN(c3ccccc3)CC2)cc1. The van der Waals surface area contributed by atoms with Crippen molar-refractivity contribution in [3.05, 3.63) is 60.2 Å². The molecule has 1 fully saturated rings. The molecule has 0 spiro atoms. The zero-order valence-corrected chi connectivity index (χ0v) is 17.3. The normalized spacial score (nSPS) is 15.0. The fourth-order valence-electron chi connectivity index (χ4n) is 3.18. The summed E-state index contributed by atoms with van der Waals surface area (Å²) in [4.78, 5) is 16.9. The molecule has 0 radical (unpaired) electrons. The van der Waals surface area contributed by atoms with E-state index in [0.29, 0.717) is 24.3 Å². The zero-order valence-electron chi connectivity index (χ0n) is 16.4. The van der Waals surface area contributed by atoms with Crippen LogP contribution >= 0.6 is 0 Å². The van der Waals surface area contributed by atoms with E-state index in [1.165, 1.54) is 31.1 Å². The molecule has 0 saturated carbocycles. The average molecular weight is 403 g/mol. The van der Waals surface area contributed by atoms with Crippen molar-refractivity contribution in [2.45, 2.75) is 0 Å². The Balaban J connectivity index is 1.64. The smallest absolute Gasteiger partial charge is 0.303 e. The summed E-state index contributed by atoms with van der Waals surface area (Å²) in [5, 5.41) is 0. The molecular formula is C20H26N4O3S. The van der Waals surface area contributed by atoms with Crippen LogP contribution in [0.4, 0.5) is 11.4 Å². The largest absolute Gasteiger partial charge is 0.368 e. The van der Waals surface area contributed by atoms with Gasteiger partial charge in [0, 0.05) is 58.6 Å². The van der Waals surface area contributed by atoms with Crippen molar-refractivity contribution in [3.8, 4) is 0 Å². The summed E-state index contributed by atoms with van der Waals surface area (Å²) in [5.74, 6) is -0.0302. The van der Waals surface area contributed by atoms with Gasteiger partial charge in [0.2, 0.25) is 0 Å². The topological polar surface area (TPSA) is 64.2 Å². The highest BCUT2D eigenvalue weighted by Gasteiger charge is 2.24. The number of amides is 1. The summed E-state index contributed by atoms with van der Waals surface area (Å²) in [7, 11) is 0.915. The summed E-state index contributed by atoms with van der Waals surface area (Å²) in [6, 6.07) is 16.9. The standard InChI is InChI=1S/C20H26N4O3S/c1-21(2)28(26,27)22(3)18-11-9-17(10-12-18)20(25)24-15-13-23(14-16-24)19-7-5-4-6-8-19/h4-12H,13-16H2,1-3H3. The molecule has 150 valence electrons. The Bertz CT molecular complexity index is 906. The van der Waals surface area contributed by atoms with Gasteiger partial charge in [0.05, 0.1) is 5.69 Å². The Morgan fingerprint density at radius 3 is 1.96 bits per heavy atom. The minimum absolute atomic E-state index is 0.0302. The Morgan fingerprint density at radius 2 is 1.43 bits per heavy atom. The molecule has 1 saturated heterocycles. The van der Waals surface area contributed by atoms with Crippen molar-refractivity contribution in [2.75, 3.05) is 56.5 Å². The Morgan fingerprint density at radius 1 is 0.857 bits per heavy atom. The van der Waals surface area contributed by atoms with Crippen molar-refractivity contribution in [2.24, 2.45) is 0 Å². The van der Waals surface area contributed by atoms with Gasteiger partial charge in [0.25, 0.3) is 5.91 Å². The van der Waals surface area contributed by atoms with E-state index in [4.69, 9.17) is 0 Å². The number of rotatable bonds is 5. The van der Waals surface area contributed by atoms with Gasteiger partial charge in [-0.25, -0.2) is 0 Å². The van der Waals surface area contributed by atoms with Gasteiger partial charge < -0.3 is 9.80 Å². The third-order valence-electron chi connectivity index (χ3n) is 4.97. The number of nitrogens with zero attached hydrogens (tertiary/aromatic N) is 4. The Hall–Kier alpha value is -2.58. The van der Waals surface area contributed by atoms with Crippen LogP contribution in [0.5, 0.6) is 0 Å². The van der Waals surface area contributed by atoms with Gasteiger partial charge in [-0.3, -0.25) is 9.10 Å². The van der Waals surface area contributed by atoms with Crippen molar-refractivity contribution in [1.82, 2.24) is 9.21 Å². The highest BCUT2D eigenvalue weighted by atomic mass is 32.2. The third-order valence-corrected chi connectivity index (χ3v) is 6.80. The van der Waals surface area contributed by atoms with Crippen molar-refractivity contribution >= 4 is 27.5 Å². The van der Waals surface area contributed by atoms with E-state index in [2.05, 4.69) is 17.0 Å². The van der Waals surface area contributed by atoms with Crippen LogP contribution < -0.4 is 9.21 Å². The number of anilines is 2. The second-order valence-corrected chi connectivity index (χ2v) is 9.09. The summed E-state index contributed by atoms with van der Waals surface area (Å²) in [6.45, 7) is 2.89. The maximum Gasteiger partial charge on any atom is 0.303 e. The second-order valence-electron chi connectivity index (χ2n) is 6.92. The van der Waals surface area contributed by atoms with Crippen LogP contribution in [0.2, 0.25) is 0 Å². The van der Waals surface area contributed by atoms with E-state index >= 15 is 0 Å². The van der Waals surface area contributed by atoms with Crippen LogP contribution in [0.1, 0.15) is 10.4 Å². The first-order valence-electron chi connectivity index (χ1n) is 9.16. The van der Waals surface area contributed by atoms with E-state index in [-0.39, 0.29) is 5.91 Å². The Labute approximate surface area is 166 Å². The summed E-state index contributed by atoms with van der Waals surface area (Å²) in [6.07, 6.45) is 0. The van der Waals surface area contributed by atoms with E-state index in [1.807, 2.05) is 23.1 Å². The average Bonchev–Trinajstić information content (AvgIpc) is 2.73. The minimum Gasteiger partial charge on any atom is -0.368 e. The maximum absolute atomic E-state index is 12.8. The lowest BCUT2D eigenvalue weighted by Crippen LogP contribution is -2.48. The van der Waals surface area contributed by atoms with Crippen molar-refractivity contribution in [1.29, 1.82) is 0 Å². The van der Waals surface area contributed by atoms with Gasteiger partial charge in [-0.15, -0.1) is 0 Å². The highest BCUT2D eigenvalue weighted by Crippen LogP contribution is 2.20. The molecule has 0 atom stereocenters. The van der Waals surface area contributed by atoms with Crippen LogP contribution in [0.25, 0.3) is 0 Å². The maximum atomic E-state index is 12.8. The predicted octanol–water partition coefficient (Wildman–Crippen LogP) is 1.89. The number of hydrogen-bond acceptors (Lipinski definition) is 4. The first kappa shape index (κ1) is 20.2. The van der Waals surface area contributed by atoms with Crippen LogP contribution in [0.15, 0.2) is 54.6 Å². The number of piperazine rings is 1. The monoisotopic (exact) mass is 402 g/mol. The van der Waals surface area contributed by atoms with E-state index < -0.39 is 10.2 Å². The first-order valence-corrected chi connectivity index (χ1v) is 10.6. The molecule has 0 aliphatic carbocycles. The number of benzene rings is 2. The van der Waals surface area contributed by atoms with Gasteiger partial charge in [-0.1, -0.05) is 18.2 Å². The van der Waals surface area contributed by atoms with Crippen molar-refractivity contribution in [3.63, 3.8) is 0 Å². The zero-order chi connectivity index (χ0) is 20.3. The van der Waals surface area contributed by atoms with Crippen LogP contribution in [0.3, 0.4) is 0 Å². The van der Waals surface area contributed by atoms with Crippen molar-refractivity contribution < 1.29 is 13.2 Å². The number of carbonyl (C=O) groups is 1. The van der Waals surface area contributed by atoms with E-state index in [1.54, 1.807) is 24.3 Å². The van der Waals surface area contributed by atoms with Gasteiger partial charge in [0.1, 0.15) is 0 Å². The molecule has 0 aromatic heterocycles. The van der Waals surface area contributed by atoms with Crippen LogP contribution in [0, 0.1) is 0 Å². The summed E-state index contributed by atoms with van der Waals surface area (Å²) < 4.78 is 26.8. The lowest BCUT2D eigenvalue weighted by Gasteiger charge is -2.36. The molecule has 28 heavy (non-hydrogen) atoms. The summed E-state index contributed by atoms with van der Waals surface area (Å²) >= 11 is 0. The van der Waals surface area contributed by atoms with E-state index in [9.17, 15) is 13.2 Å². The predicted molar refractivity (Wildman–Crippen MR) is 112 cm³/mol. The molecular weight excluding hydrogens is 376 g/mol. The Kier molecular flexibility index (Phi) is 5.90. The lowest BCUT2D eigenvalue weighted by molar-refractivity contribution is 0.0747. The molecule has 1 heterocycles. The fourth-order valence-corrected chi connectivity index (χ4v) is 4.06. The fraction of sp³-hybridized carbons (Fsp3) is 0.350. The quantitative estimate of drug-likeness (QED) is 0.766. The molecule has 8 heteroatoms.